The quantitative estimate of drug-likeness (QED) is 0.846. The Kier molecular flexibility index (Phi) is 5.50. The summed E-state index contributed by atoms with van der Waals surface area (Å²) < 4.78 is 5.61. The number of nitrogens with one attached hydrogen (secondary N) is 1. The van der Waals surface area contributed by atoms with Crippen LogP contribution in [-0.4, -0.2) is 34.2 Å². The van der Waals surface area contributed by atoms with Crippen molar-refractivity contribution in [2.24, 2.45) is 0 Å². The molecule has 2 fully saturated rings. The fraction of sp³-hybridized carbons (Fsp3) is 0.700. The van der Waals surface area contributed by atoms with Crippen molar-refractivity contribution in [3.05, 3.63) is 23.9 Å². The first kappa shape index (κ1) is 18.0. The molecule has 3 rings (SSSR count). The lowest BCUT2D eigenvalue weighted by molar-refractivity contribution is 0.0225. The average molecular weight is 345 g/mol. The van der Waals surface area contributed by atoms with Crippen LogP contribution in [0.1, 0.15) is 77.3 Å². The van der Waals surface area contributed by atoms with E-state index in [-0.39, 0.29) is 12.1 Å². The van der Waals surface area contributed by atoms with Crippen LogP contribution in [0.4, 0.5) is 10.6 Å². The molecule has 1 aliphatic heterocycles. The molecule has 1 unspecified atom stereocenters. The summed E-state index contributed by atoms with van der Waals surface area (Å²) in [5.41, 5.74) is 0.652. The number of anilines is 1. The number of ether oxygens (including phenoxy) is 1. The van der Waals surface area contributed by atoms with E-state index in [1.165, 1.54) is 32.1 Å². The van der Waals surface area contributed by atoms with Gasteiger partial charge in [0.2, 0.25) is 0 Å². The molecule has 1 saturated carbocycles. The molecule has 0 aromatic carbocycles. The highest BCUT2D eigenvalue weighted by Crippen LogP contribution is 2.36. The zero-order valence-electron chi connectivity index (χ0n) is 15.8. The normalized spacial score (nSPS) is 22.0. The maximum atomic E-state index is 12.6. The van der Waals surface area contributed by atoms with Gasteiger partial charge < -0.3 is 15.0 Å². The van der Waals surface area contributed by atoms with Crippen LogP contribution in [-0.2, 0) is 4.74 Å². The van der Waals surface area contributed by atoms with Gasteiger partial charge in [0.05, 0.1) is 6.04 Å². The number of likely N-dealkylation sites (tertiary alicyclic amines) is 1. The molecule has 5 heteroatoms. The Hall–Kier alpha value is -1.78. The highest BCUT2D eigenvalue weighted by molar-refractivity contribution is 5.70. The third-order valence-corrected chi connectivity index (χ3v) is 5.02. The van der Waals surface area contributed by atoms with Gasteiger partial charge in [-0.05, 0) is 52.5 Å². The number of amides is 1. The van der Waals surface area contributed by atoms with E-state index < -0.39 is 5.60 Å². The predicted molar refractivity (Wildman–Crippen MR) is 99.6 cm³/mol. The van der Waals surface area contributed by atoms with Crippen LogP contribution in [0.2, 0.25) is 0 Å². The molecule has 1 aromatic rings. The van der Waals surface area contributed by atoms with Gasteiger partial charge in [-0.3, -0.25) is 0 Å². The van der Waals surface area contributed by atoms with Gasteiger partial charge in [0.15, 0.2) is 0 Å². The summed E-state index contributed by atoms with van der Waals surface area (Å²) in [4.78, 5) is 19.1. The van der Waals surface area contributed by atoms with E-state index in [9.17, 15) is 4.79 Å². The van der Waals surface area contributed by atoms with E-state index in [4.69, 9.17) is 4.74 Å². The van der Waals surface area contributed by atoms with Crippen molar-refractivity contribution in [2.75, 3.05) is 11.9 Å². The fourth-order valence-corrected chi connectivity index (χ4v) is 3.88. The molecule has 2 aliphatic rings. The lowest BCUT2D eigenvalue weighted by Gasteiger charge is -2.30. The van der Waals surface area contributed by atoms with Crippen LogP contribution in [0.3, 0.4) is 0 Å². The molecular weight excluding hydrogens is 314 g/mol. The molecule has 0 bridgehead atoms. The van der Waals surface area contributed by atoms with Crippen molar-refractivity contribution in [1.82, 2.24) is 9.88 Å². The molecule has 25 heavy (non-hydrogen) atoms. The number of carbonyl (C=O) groups is 1. The lowest BCUT2D eigenvalue weighted by atomic mass is 9.95. The average Bonchev–Trinajstić information content (AvgIpc) is 3.04. The fourth-order valence-electron chi connectivity index (χ4n) is 3.88. The van der Waals surface area contributed by atoms with Crippen LogP contribution in [0.15, 0.2) is 18.3 Å². The number of hydrogen-bond acceptors (Lipinski definition) is 4. The van der Waals surface area contributed by atoms with Crippen LogP contribution in [0.25, 0.3) is 0 Å². The van der Waals surface area contributed by atoms with Crippen molar-refractivity contribution >= 4 is 11.9 Å². The van der Waals surface area contributed by atoms with E-state index >= 15 is 0 Å². The maximum absolute atomic E-state index is 12.6. The number of pyridine rings is 1. The van der Waals surface area contributed by atoms with Gasteiger partial charge in [0, 0.05) is 24.3 Å². The van der Waals surface area contributed by atoms with E-state index in [0.717, 1.165) is 30.8 Å². The number of nitrogens with zero attached hydrogens (tertiary/aromatic N) is 2. The Morgan fingerprint density at radius 2 is 1.96 bits per heavy atom. The topological polar surface area (TPSA) is 54.5 Å². The van der Waals surface area contributed by atoms with Crippen molar-refractivity contribution in [3.63, 3.8) is 0 Å². The first-order valence-corrected chi connectivity index (χ1v) is 9.65. The van der Waals surface area contributed by atoms with Crippen molar-refractivity contribution in [1.29, 1.82) is 0 Å². The summed E-state index contributed by atoms with van der Waals surface area (Å²) in [6.45, 7) is 6.49. The van der Waals surface area contributed by atoms with E-state index in [2.05, 4.69) is 16.4 Å². The zero-order valence-corrected chi connectivity index (χ0v) is 15.8. The largest absolute Gasteiger partial charge is 0.444 e. The minimum absolute atomic E-state index is 0.0506. The van der Waals surface area contributed by atoms with E-state index in [0.29, 0.717) is 6.04 Å². The summed E-state index contributed by atoms with van der Waals surface area (Å²) in [6.07, 6.45) is 9.89. The Bertz CT molecular complexity index is 591. The summed E-state index contributed by atoms with van der Waals surface area (Å²) in [5.74, 6) is 0.940. The van der Waals surface area contributed by atoms with Crippen molar-refractivity contribution in [2.45, 2.75) is 83.4 Å². The van der Waals surface area contributed by atoms with Crippen LogP contribution in [0.5, 0.6) is 0 Å². The zero-order chi connectivity index (χ0) is 17.9. The Morgan fingerprint density at radius 3 is 2.68 bits per heavy atom. The van der Waals surface area contributed by atoms with E-state index in [1.807, 2.05) is 37.9 Å². The van der Waals surface area contributed by atoms with Crippen molar-refractivity contribution in [3.8, 4) is 0 Å². The molecule has 1 atom stereocenters. The summed E-state index contributed by atoms with van der Waals surface area (Å²) >= 11 is 0. The van der Waals surface area contributed by atoms with Gasteiger partial charge in [0.25, 0.3) is 0 Å². The number of hydrogen-bond donors (Lipinski definition) is 1. The molecule has 0 radical (unpaired) electrons. The SMILES string of the molecule is CC(C)(C)OC(=O)N1CCCC1c1cccnc1NC1CCCCC1. The number of carbonyl (C=O) groups excluding carboxylic acids is 1. The minimum Gasteiger partial charge on any atom is -0.444 e. The molecule has 1 aliphatic carbocycles. The van der Waals surface area contributed by atoms with Gasteiger partial charge in [-0.2, -0.15) is 0 Å². The number of rotatable bonds is 3. The molecule has 1 amide bonds. The van der Waals surface area contributed by atoms with Gasteiger partial charge in [-0.25, -0.2) is 9.78 Å². The smallest absolute Gasteiger partial charge is 0.410 e. The second kappa shape index (κ2) is 7.63. The summed E-state index contributed by atoms with van der Waals surface area (Å²) in [7, 11) is 0. The summed E-state index contributed by atoms with van der Waals surface area (Å²) in [6, 6.07) is 4.62. The van der Waals surface area contributed by atoms with E-state index in [1.54, 1.807) is 0 Å². The van der Waals surface area contributed by atoms with Gasteiger partial charge in [-0.15, -0.1) is 0 Å². The van der Waals surface area contributed by atoms with Gasteiger partial charge in [-0.1, -0.05) is 25.3 Å². The maximum Gasteiger partial charge on any atom is 0.410 e. The first-order valence-electron chi connectivity index (χ1n) is 9.65. The van der Waals surface area contributed by atoms with Crippen molar-refractivity contribution < 1.29 is 9.53 Å². The summed E-state index contributed by atoms with van der Waals surface area (Å²) in [5, 5.41) is 3.64. The van der Waals surface area contributed by atoms with Crippen LogP contribution < -0.4 is 5.32 Å². The lowest BCUT2D eigenvalue weighted by Crippen LogP contribution is -2.36. The highest BCUT2D eigenvalue weighted by Gasteiger charge is 2.34. The molecular formula is C20H31N3O2. The Balaban J connectivity index is 1.76. The molecule has 5 nitrogen and oxygen atoms in total. The van der Waals surface area contributed by atoms with Crippen LogP contribution >= 0.6 is 0 Å². The Morgan fingerprint density at radius 1 is 1.20 bits per heavy atom. The molecule has 138 valence electrons. The minimum atomic E-state index is -0.470. The van der Waals surface area contributed by atoms with Gasteiger partial charge >= 0.3 is 6.09 Å². The number of aromatic nitrogens is 1. The molecule has 1 aromatic heterocycles. The first-order chi connectivity index (χ1) is 11.9. The molecule has 1 saturated heterocycles. The standard InChI is InChI=1S/C20H31N3O2/c1-20(2,3)25-19(24)23-14-8-12-17(23)16-11-7-13-21-18(16)22-15-9-5-4-6-10-15/h7,11,13,15,17H,4-6,8-10,12,14H2,1-3H3,(H,21,22). The monoisotopic (exact) mass is 345 g/mol. The van der Waals surface area contributed by atoms with Gasteiger partial charge in [0.1, 0.15) is 11.4 Å². The third-order valence-electron chi connectivity index (χ3n) is 5.02. The second-order valence-electron chi connectivity index (χ2n) is 8.25. The third kappa shape index (κ3) is 4.65. The predicted octanol–water partition coefficient (Wildman–Crippen LogP) is 4.90. The molecule has 1 N–H and O–H groups in total. The Labute approximate surface area is 151 Å². The molecule has 2 heterocycles. The highest BCUT2D eigenvalue weighted by atomic mass is 16.6. The van der Waals surface area contributed by atoms with Crippen LogP contribution in [0, 0.1) is 0 Å². The molecule has 0 spiro atoms. The second-order valence-corrected chi connectivity index (χ2v) is 8.25.